The van der Waals surface area contributed by atoms with E-state index in [1.807, 2.05) is 47.1 Å². The summed E-state index contributed by atoms with van der Waals surface area (Å²) in [4.78, 5) is 24.8. The maximum atomic E-state index is 12.7. The molecule has 1 aliphatic carbocycles. The smallest absolute Gasteiger partial charge is 0.322 e. The molecule has 3 amide bonds. The van der Waals surface area contributed by atoms with Crippen LogP contribution >= 0.6 is 0 Å². The average Bonchev–Trinajstić information content (AvgIpc) is 3.56. The quantitative estimate of drug-likeness (QED) is 0.407. The van der Waals surface area contributed by atoms with Crippen LogP contribution in [0, 0.1) is 0 Å². The monoisotopic (exact) mass is 439 g/mol. The number of amides is 3. The SMILES string of the molecule is O=C(Nc1ccccc1)Nc1ccc(C(=O)Nc2cccc(-c3nnnn3C3CC3)c2)cc1. The molecule has 1 aromatic heterocycles. The second-order valence-electron chi connectivity index (χ2n) is 7.74. The summed E-state index contributed by atoms with van der Waals surface area (Å²) < 4.78 is 1.83. The van der Waals surface area contributed by atoms with Crippen LogP contribution in [0.2, 0.25) is 0 Å². The van der Waals surface area contributed by atoms with Crippen molar-refractivity contribution in [2.45, 2.75) is 18.9 Å². The summed E-state index contributed by atoms with van der Waals surface area (Å²) in [7, 11) is 0. The summed E-state index contributed by atoms with van der Waals surface area (Å²) in [6.45, 7) is 0. The molecule has 9 heteroatoms. The third kappa shape index (κ3) is 4.87. The average molecular weight is 439 g/mol. The molecule has 0 radical (unpaired) electrons. The van der Waals surface area contributed by atoms with Gasteiger partial charge in [-0.15, -0.1) is 5.10 Å². The number of carbonyl (C=O) groups excluding carboxylic acids is 2. The molecule has 5 rings (SSSR count). The normalized spacial score (nSPS) is 12.7. The Labute approximate surface area is 189 Å². The summed E-state index contributed by atoms with van der Waals surface area (Å²) >= 11 is 0. The number of para-hydroxylation sites is 1. The van der Waals surface area contributed by atoms with E-state index >= 15 is 0 Å². The lowest BCUT2D eigenvalue weighted by Crippen LogP contribution is -2.19. The zero-order valence-electron chi connectivity index (χ0n) is 17.6. The molecule has 33 heavy (non-hydrogen) atoms. The van der Waals surface area contributed by atoms with E-state index in [0.717, 1.165) is 18.4 Å². The Balaban J connectivity index is 1.22. The number of nitrogens with zero attached hydrogens (tertiary/aromatic N) is 4. The molecule has 0 bridgehead atoms. The Morgan fingerprint density at radius 2 is 1.48 bits per heavy atom. The second-order valence-corrected chi connectivity index (χ2v) is 7.74. The van der Waals surface area contributed by atoms with Crippen LogP contribution < -0.4 is 16.0 Å². The van der Waals surface area contributed by atoms with Gasteiger partial charge in [-0.25, -0.2) is 9.48 Å². The van der Waals surface area contributed by atoms with E-state index < -0.39 is 0 Å². The first kappa shape index (κ1) is 20.4. The van der Waals surface area contributed by atoms with Crippen molar-refractivity contribution in [2.75, 3.05) is 16.0 Å². The van der Waals surface area contributed by atoms with Gasteiger partial charge in [0.25, 0.3) is 5.91 Å². The van der Waals surface area contributed by atoms with Gasteiger partial charge in [0.1, 0.15) is 0 Å². The number of benzene rings is 3. The van der Waals surface area contributed by atoms with E-state index in [4.69, 9.17) is 0 Å². The maximum Gasteiger partial charge on any atom is 0.323 e. The van der Waals surface area contributed by atoms with Crippen molar-refractivity contribution < 1.29 is 9.59 Å². The van der Waals surface area contributed by atoms with Crippen LogP contribution in [0.3, 0.4) is 0 Å². The zero-order chi connectivity index (χ0) is 22.6. The molecule has 0 unspecified atom stereocenters. The van der Waals surface area contributed by atoms with Crippen molar-refractivity contribution in [2.24, 2.45) is 0 Å². The molecular formula is C24H21N7O2. The van der Waals surface area contributed by atoms with Crippen molar-refractivity contribution in [3.05, 3.63) is 84.4 Å². The molecule has 9 nitrogen and oxygen atoms in total. The van der Waals surface area contributed by atoms with Crippen LogP contribution in [-0.4, -0.2) is 32.1 Å². The number of hydrogen-bond acceptors (Lipinski definition) is 5. The number of carbonyl (C=O) groups is 2. The highest BCUT2D eigenvalue weighted by Gasteiger charge is 2.28. The van der Waals surface area contributed by atoms with Crippen LogP contribution in [-0.2, 0) is 0 Å². The van der Waals surface area contributed by atoms with Gasteiger partial charge in [0.2, 0.25) is 0 Å². The van der Waals surface area contributed by atoms with Crippen molar-refractivity contribution >= 4 is 29.0 Å². The molecule has 0 saturated heterocycles. The van der Waals surface area contributed by atoms with Gasteiger partial charge in [-0.1, -0.05) is 30.3 Å². The van der Waals surface area contributed by atoms with Gasteiger partial charge in [0.05, 0.1) is 6.04 Å². The summed E-state index contributed by atoms with van der Waals surface area (Å²) in [5, 5.41) is 20.4. The van der Waals surface area contributed by atoms with Gasteiger partial charge >= 0.3 is 6.03 Å². The van der Waals surface area contributed by atoms with E-state index in [0.29, 0.717) is 34.5 Å². The highest BCUT2D eigenvalue weighted by atomic mass is 16.2. The van der Waals surface area contributed by atoms with Crippen molar-refractivity contribution in [3.63, 3.8) is 0 Å². The van der Waals surface area contributed by atoms with Gasteiger partial charge in [0.15, 0.2) is 5.82 Å². The number of rotatable bonds is 6. The minimum Gasteiger partial charge on any atom is -0.322 e. The van der Waals surface area contributed by atoms with Gasteiger partial charge in [-0.3, -0.25) is 4.79 Å². The first-order chi connectivity index (χ1) is 16.2. The Kier molecular flexibility index (Phi) is 5.50. The fourth-order valence-corrected chi connectivity index (χ4v) is 3.41. The maximum absolute atomic E-state index is 12.7. The van der Waals surface area contributed by atoms with Crippen molar-refractivity contribution in [1.29, 1.82) is 0 Å². The lowest BCUT2D eigenvalue weighted by Gasteiger charge is -2.10. The molecule has 4 aromatic rings. The van der Waals surface area contributed by atoms with E-state index in [1.54, 1.807) is 36.4 Å². The molecule has 1 aliphatic rings. The molecule has 1 heterocycles. The van der Waals surface area contributed by atoms with E-state index in [2.05, 4.69) is 31.5 Å². The minimum atomic E-state index is -0.358. The van der Waals surface area contributed by atoms with E-state index in [1.165, 1.54) is 0 Å². The highest BCUT2D eigenvalue weighted by molar-refractivity contribution is 6.05. The van der Waals surface area contributed by atoms with Crippen molar-refractivity contribution in [1.82, 2.24) is 20.2 Å². The van der Waals surface area contributed by atoms with Crippen LogP contribution in [0.1, 0.15) is 29.2 Å². The third-order valence-electron chi connectivity index (χ3n) is 5.20. The number of hydrogen-bond donors (Lipinski definition) is 3. The van der Waals surface area contributed by atoms with Gasteiger partial charge < -0.3 is 16.0 Å². The minimum absolute atomic E-state index is 0.255. The summed E-state index contributed by atoms with van der Waals surface area (Å²) in [6, 6.07) is 23.3. The molecule has 0 atom stereocenters. The Bertz CT molecular complexity index is 1280. The molecule has 3 N–H and O–H groups in total. The van der Waals surface area contributed by atoms with Gasteiger partial charge in [0, 0.05) is 28.2 Å². The Morgan fingerprint density at radius 3 is 2.21 bits per heavy atom. The fourth-order valence-electron chi connectivity index (χ4n) is 3.41. The van der Waals surface area contributed by atoms with E-state index in [-0.39, 0.29) is 11.9 Å². The molecule has 0 aliphatic heterocycles. The first-order valence-corrected chi connectivity index (χ1v) is 10.6. The lowest BCUT2D eigenvalue weighted by molar-refractivity contribution is 0.102. The summed E-state index contributed by atoms with van der Waals surface area (Å²) in [6.07, 6.45) is 2.15. The predicted molar refractivity (Wildman–Crippen MR) is 125 cm³/mol. The van der Waals surface area contributed by atoms with Crippen LogP contribution in [0.5, 0.6) is 0 Å². The Hall–Kier alpha value is -4.53. The number of aromatic nitrogens is 4. The van der Waals surface area contributed by atoms with E-state index in [9.17, 15) is 9.59 Å². The number of urea groups is 1. The standard InChI is InChI=1S/C24H21N7O2/c32-23(16-9-11-19(12-10-16)27-24(33)26-18-6-2-1-3-7-18)25-20-8-4-5-17(15-20)22-28-29-30-31(22)21-13-14-21/h1-12,15,21H,13-14H2,(H,25,32)(H2,26,27,33). The molecule has 1 fully saturated rings. The lowest BCUT2D eigenvalue weighted by atomic mass is 10.1. The van der Waals surface area contributed by atoms with Crippen LogP contribution in [0.15, 0.2) is 78.9 Å². The largest absolute Gasteiger partial charge is 0.323 e. The fraction of sp³-hybridized carbons (Fsp3) is 0.125. The first-order valence-electron chi connectivity index (χ1n) is 10.6. The predicted octanol–water partition coefficient (Wildman–Crippen LogP) is 4.57. The van der Waals surface area contributed by atoms with Crippen LogP contribution in [0.25, 0.3) is 11.4 Å². The van der Waals surface area contributed by atoms with Crippen molar-refractivity contribution in [3.8, 4) is 11.4 Å². The second kappa shape index (κ2) is 8.91. The molecule has 0 spiro atoms. The number of nitrogens with one attached hydrogen (secondary N) is 3. The van der Waals surface area contributed by atoms with Gasteiger partial charge in [-0.2, -0.15) is 0 Å². The molecule has 3 aromatic carbocycles. The zero-order valence-corrected chi connectivity index (χ0v) is 17.6. The third-order valence-corrected chi connectivity index (χ3v) is 5.20. The molecule has 164 valence electrons. The number of anilines is 3. The van der Waals surface area contributed by atoms with Crippen LogP contribution in [0.4, 0.5) is 21.9 Å². The topological polar surface area (TPSA) is 114 Å². The molecular weight excluding hydrogens is 418 g/mol. The van der Waals surface area contributed by atoms with Gasteiger partial charge in [-0.05, 0) is 71.8 Å². The molecule has 1 saturated carbocycles. The Morgan fingerprint density at radius 1 is 0.788 bits per heavy atom. The summed E-state index contributed by atoms with van der Waals surface area (Å²) in [5.74, 6) is 0.437. The summed E-state index contributed by atoms with van der Waals surface area (Å²) in [5.41, 5.74) is 3.23. The number of tetrazole rings is 1. The highest BCUT2D eigenvalue weighted by Crippen LogP contribution is 2.36.